The number of hydrogen-bond donors (Lipinski definition) is 1. The first-order valence-corrected chi connectivity index (χ1v) is 9.99. The highest BCUT2D eigenvalue weighted by Crippen LogP contribution is 2.45. The number of hydrogen-bond acceptors (Lipinski definition) is 6. The van der Waals surface area contributed by atoms with Gasteiger partial charge in [0.05, 0.1) is 24.4 Å². The number of methoxy groups -OCH3 is 1. The molecule has 1 amide bonds. The van der Waals surface area contributed by atoms with Gasteiger partial charge in [0.15, 0.2) is 11.5 Å². The van der Waals surface area contributed by atoms with Gasteiger partial charge in [-0.2, -0.15) is 0 Å². The van der Waals surface area contributed by atoms with E-state index in [0.29, 0.717) is 34.1 Å². The van der Waals surface area contributed by atoms with E-state index in [1.54, 1.807) is 42.5 Å². The quantitative estimate of drug-likeness (QED) is 0.383. The van der Waals surface area contributed by atoms with Crippen LogP contribution < -0.4 is 19.1 Å². The number of anilines is 1. The third kappa shape index (κ3) is 3.06. The fourth-order valence-electron chi connectivity index (χ4n) is 4.06. The maximum atomic E-state index is 13.2. The van der Waals surface area contributed by atoms with E-state index in [-0.39, 0.29) is 18.1 Å². The Bertz CT molecular complexity index is 1250. The lowest BCUT2D eigenvalue weighted by Crippen LogP contribution is -2.29. The van der Waals surface area contributed by atoms with Gasteiger partial charge in [0.2, 0.25) is 6.79 Å². The number of ether oxygens (including phenoxy) is 3. The average molecular weight is 429 g/mol. The van der Waals surface area contributed by atoms with E-state index < -0.39 is 17.7 Å². The van der Waals surface area contributed by atoms with Crippen molar-refractivity contribution >= 4 is 23.1 Å². The first-order chi connectivity index (χ1) is 15.6. The summed E-state index contributed by atoms with van der Waals surface area (Å²) in [7, 11) is 1.50. The van der Waals surface area contributed by atoms with Crippen LogP contribution in [0.3, 0.4) is 0 Å². The van der Waals surface area contributed by atoms with Gasteiger partial charge in [-0.1, -0.05) is 42.5 Å². The molecule has 32 heavy (non-hydrogen) atoms. The molecule has 2 aliphatic heterocycles. The lowest BCUT2D eigenvalue weighted by atomic mass is 9.95. The smallest absolute Gasteiger partial charge is 0.300 e. The highest BCUT2D eigenvalue weighted by molar-refractivity contribution is 6.51. The Morgan fingerprint density at radius 3 is 2.47 bits per heavy atom. The van der Waals surface area contributed by atoms with Crippen molar-refractivity contribution in [1.82, 2.24) is 0 Å². The van der Waals surface area contributed by atoms with Crippen LogP contribution in [0.15, 0.2) is 78.4 Å². The first-order valence-electron chi connectivity index (χ1n) is 9.99. The SMILES string of the molecule is COc1ccccc1N1C(=O)C(=O)/C(=C(\O)c2ccc3c(c2)OCO3)C1c1ccccc1. The normalized spacial score (nSPS) is 18.8. The fraction of sp³-hybridized carbons (Fsp3) is 0.120. The van der Waals surface area contributed by atoms with Gasteiger partial charge in [-0.05, 0) is 35.9 Å². The van der Waals surface area contributed by atoms with E-state index in [4.69, 9.17) is 14.2 Å². The molecule has 0 spiro atoms. The minimum Gasteiger partial charge on any atom is -0.507 e. The van der Waals surface area contributed by atoms with Gasteiger partial charge < -0.3 is 19.3 Å². The summed E-state index contributed by atoms with van der Waals surface area (Å²) in [4.78, 5) is 27.8. The zero-order chi connectivity index (χ0) is 22.2. The molecule has 7 nitrogen and oxygen atoms in total. The Kier molecular flexibility index (Phi) is 4.78. The second kappa shape index (κ2) is 7.77. The molecular formula is C25H19NO6. The molecule has 160 valence electrons. The molecular weight excluding hydrogens is 410 g/mol. The van der Waals surface area contributed by atoms with Crippen LogP contribution in [0.4, 0.5) is 5.69 Å². The van der Waals surface area contributed by atoms with E-state index in [2.05, 4.69) is 0 Å². The van der Waals surface area contributed by atoms with Crippen LogP contribution in [0.2, 0.25) is 0 Å². The van der Waals surface area contributed by atoms with Gasteiger partial charge in [0.25, 0.3) is 11.7 Å². The third-order valence-corrected chi connectivity index (χ3v) is 5.55. The van der Waals surface area contributed by atoms with E-state index in [0.717, 1.165) is 0 Å². The van der Waals surface area contributed by atoms with Gasteiger partial charge >= 0.3 is 0 Å². The summed E-state index contributed by atoms with van der Waals surface area (Å²) in [5.41, 5.74) is 1.47. The van der Waals surface area contributed by atoms with Gasteiger partial charge in [-0.15, -0.1) is 0 Å². The molecule has 1 N–H and O–H groups in total. The number of carbonyl (C=O) groups excluding carboxylic acids is 2. The monoisotopic (exact) mass is 429 g/mol. The summed E-state index contributed by atoms with van der Waals surface area (Å²) in [6.45, 7) is 0.0851. The molecule has 0 aliphatic carbocycles. The third-order valence-electron chi connectivity index (χ3n) is 5.55. The maximum Gasteiger partial charge on any atom is 0.300 e. The number of carbonyl (C=O) groups is 2. The highest BCUT2D eigenvalue weighted by atomic mass is 16.7. The molecule has 0 aromatic heterocycles. The van der Waals surface area contributed by atoms with Crippen LogP contribution in [0.1, 0.15) is 17.2 Å². The maximum absolute atomic E-state index is 13.2. The zero-order valence-electron chi connectivity index (χ0n) is 17.1. The molecule has 1 saturated heterocycles. The van der Waals surface area contributed by atoms with Crippen molar-refractivity contribution in [3.8, 4) is 17.2 Å². The molecule has 2 aliphatic rings. The highest BCUT2D eigenvalue weighted by Gasteiger charge is 2.47. The van der Waals surface area contributed by atoms with E-state index in [1.807, 2.05) is 30.3 Å². The number of ketones is 1. The van der Waals surface area contributed by atoms with Crippen LogP contribution in [0, 0.1) is 0 Å². The minimum atomic E-state index is -0.835. The van der Waals surface area contributed by atoms with Crippen molar-refractivity contribution in [1.29, 1.82) is 0 Å². The van der Waals surface area contributed by atoms with Crippen LogP contribution in [0.25, 0.3) is 5.76 Å². The van der Waals surface area contributed by atoms with Crippen LogP contribution in [-0.2, 0) is 9.59 Å². The molecule has 3 aromatic rings. The second-order valence-electron chi connectivity index (χ2n) is 7.32. The minimum absolute atomic E-state index is 0.00836. The number of para-hydroxylation sites is 2. The number of benzene rings is 3. The van der Waals surface area contributed by atoms with Gasteiger partial charge in [-0.3, -0.25) is 14.5 Å². The predicted molar refractivity (Wildman–Crippen MR) is 117 cm³/mol. The fourth-order valence-corrected chi connectivity index (χ4v) is 4.06. The molecule has 0 saturated carbocycles. The van der Waals surface area contributed by atoms with E-state index in [1.165, 1.54) is 12.0 Å². The van der Waals surface area contributed by atoms with Crippen molar-refractivity contribution in [2.24, 2.45) is 0 Å². The first kappa shape index (κ1) is 19.7. The molecule has 2 heterocycles. The average Bonchev–Trinajstić information content (AvgIpc) is 3.41. The number of Topliss-reactive ketones (excluding diaryl/α,β-unsaturated/α-hetero) is 1. The Morgan fingerprint density at radius 1 is 0.969 bits per heavy atom. The molecule has 0 bridgehead atoms. The molecule has 1 fully saturated rings. The lowest BCUT2D eigenvalue weighted by molar-refractivity contribution is -0.132. The topological polar surface area (TPSA) is 85.3 Å². The summed E-state index contributed by atoms with van der Waals surface area (Å²) in [6.07, 6.45) is 0. The van der Waals surface area contributed by atoms with E-state index >= 15 is 0 Å². The van der Waals surface area contributed by atoms with Crippen molar-refractivity contribution in [3.05, 3.63) is 89.5 Å². The summed E-state index contributed by atoms with van der Waals surface area (Å²) < 4.78 is 16.2. The Balaban J connectivity index is 1.72. The molecule has 5 rings (SSSR count). The van der Waals surface area contributed by atoms with Crippen LogP contribution in [-0.4, -0.2) is 30.7 Å². The number of aliphatic hydroxyl groups is 1. The van der Waals surface area contributed by atoms with E-state index in [9.17, 15) is 14.7 Å². The van der Waals surface area contributed by atoms with Crippen molar-refractivity contribution in [2.45, 2.75) is 6.04 Å². The van der Waals surface area contributed by atoms with Crippen molar-refractivity contribution in [2.75, 3.05) is 18.8 Å². The van der Waals surface area contributed by atoms with Gasteiger partial charge in [0.1, 0.15) is 11.5 Å². The Morgan fingerprint density at radius 2 is 1.69 bits per heavy atom. The zero-order valence-corrected chi connectivity index (χ0v) is 17.1. The number of fused-ring (bicyclic) bond motifs is 1. The predicted octanol–water partition coefficient (Wildman–Crippen LogP) is 4.05. The molecule has 3 aromatic carbocycles. The molecule has 1 unspecified atom stereocenters. The lowest BCUT2D eigenvalue weighted by Gasteiger charge is -2.26. The Labute approximate surface area is 184 Å². The molecule has 0 radical (unpaired) electrons. The van der Waals surface area contributed by atoms with Crippen molar-refractivity contribution < 1.29 is 28.9 Å². The standard InChI is InChI=1S/C25H19NO6/c1-30-18-10-6-5-9-17(18)26-22(15-7-3-2-4-8-15)21(24(28)25(26)29)23(27)16-11-12-19-20(13-16)32-14-31-19/h2-13,22,27H,14H2,1H3/b23-21-. The Hall–Kier alpha value is -4.26. The molecule has 1 atom stereocenters. The summed E-state index contributed by atoms with van der Waals surface area (Å²) >= 11 is 0. The second-order valence-corrected chi connectivity index (χ2v) is 7.32. The molecule has 7 heteroatoms. The van der Waals surface area contributed by atoms with Gasteiger partial charge in [-0.25, -0.2) is 0 Å². The summed E-state index contributed by atoms with van der Waals surface area (Å²) in [5, 5.41) is 11.2. The number of amides is 1. The summed E-state index contributed by atoms with van der Waals surface area (Å²) in [5.74, 6) is -0.350. The summed E-state index contributed by atoms with van der Waals surface area (Å²) in [6, 6.07) is 20.1. The number of rotatable bonds is 4. The van der Waals surface area contributed by atoms with Crippen molar-refractivity contribution in [3.63, 3.8) is 0 Å². The van der Waals surface area contributed by atoms with Gasteiger partial charge in [0, 0.05) is 5.56 Å². The number of nitrogens with zero attached hydrogens (tertiary/aromatic N) is 1. The van der Waals surface area contributed by atoms with Crippen LogP contribution in [0.5, 0.6) is 17.2 Å². The largest absolute Gasteiger partial charge is 0.507 e. The number of aliphatic hydroxyl groups excluding tert-OH is 1. The van der Waals surface area contributed by atoms with Crippen LogP contribution >= 0.6 is 0 Å².